The Morgan fingerprint density at radius 3 is 1.26 bits per heavy atom. The molecular formula is C32H34S2. The first kappa shape index (κ1) is 21.4. The minimum Gasteiger partial charge on any atom is -0.134 e. The van der Waals surface area contributed by atoms with E-state index in [2.05, 4.69) is 71.2 Å². The molecule has 2 aliphatic carbocycles. The van der Waals surface area contributed by atoms with Gasteiger partial charge in [0.15, 0.2) is 0 Å². The molecule has 2 saturated carbocycles. The highest BCUT2D eigenvalue weighted by Crippen LogP contribution is 2.54. The zero-order valence-electron chi connectivity index (χ0n) is 20.1. The van der Waals surface area contributed by atoms with E-state index in [-0.39, 0.29) is 0 Å². The summed E-state index contributed by atoms with van der Waals surface area (Å²) >= 11 is 4.12. The monoisotopic (exact) mass is 482 g/mol. The van der Waals surface area contributed by atoms with Crippen LogP contribution in [0.15, 0.2) is 48.5 Å². The Morgan fingerprint density at radius 2 is 0.853 bits per heavy atom. The van der Waals surface area contributed by atoms with Crippen LogP contribution in [-0.4, -0.2) is 0 Å². The van der Waals surface area contributed by atoms with Crippen molar-refractivity contribution in [1.29, 1.82) is 0 Å². The third-order valence-electron chi connectivity index (χ3n) is 8.75. The molecule has 5 aromatic rings. The van der Waals surface area contributed by atoms with Gasteiger partial charge in [-0.3, -0.25) is 0 Å². The van der Waals surface area contributed by atoms with Crippen molar-refractivity contribution >= 4 is 63.0 Å². The summed E-state index contributed by atoms with van der Waals surface area (Å²) in [6, 6.07) is 18.6. The van der Waals surface area contributed by atoms with Gasteiger partial charge in [0.25, 0.3) is 0 Å². The first-order chi connectivity index (χ1) is 16.9. The summed E-state index contributed by atoms with van der Waals surface area (Å²) < 4.78 is 6.11. The van der Waals surface area contributed by atoms with E-state index in [1.807, 2.05) is 0 Å². The van der Waals surface area contributed by atoms with Crippen LogP contribution in [0.2, 0.25) is 0 Å². The summed E-state index contributed by atoms with van der Waals surface area (Å²) in [7, 11) is 0. The molecule has 0 unspecified atom stereocenters. The van der Waals surface area contributed by atoms with Crippen LogP contribution in [0.25, 0.3) is 40.3 Å². The predicted molar refractivity (Wildman–Crippen MR) is 153 cm³/mol. The lowest BCUT2D eigenvalue weighted by atomic mass is 9.77. The lowest BCUT2D eigenvalue weighted by Crippen LogP contribution is -2.08. The number of thiophene rings is 2. The molecule has 3 aromatic carbocycles. The predicted octanol–water partition coefficient (Wildman–Crippen LogP) is 11.3. The van der Waals surface area contributed by atoms with Gasteiger partial charge in [0.05, 0.1) is 9.40 Å². The van der Waals surface area contributed by atoms with E-state index in [0.717, 1.165) is 11.8 Å². The van der Waals surface area contributed by atoms with E-state index >= 15 is 0 Å². The molecule has 2 aliphatic rings. The normalized spacial score (nSPS) is 19.3. The van der Waals surface area contributed by atoms with Gasteiger partial charge in [-0.15, -0.1) is 22.7 Å². The first-order valence-corrected chi connectivity index (χ1v) is 15.3. The number of hydrogen-bond acceptors (Lipinski definition) is 2. The Morgan fingerprint density at radius 1 is 0.471 bits per heavy atom. The highest BCUT2D eigenvalue weighted by Gasteiger charge is 2.30. The fourth-order valence-corrected chi connectivity index (χ4v) is 9.78. The van der Waals surface area contributed by atoms with E-state index in [1.165, 1.54) is 97.2 Å². The first-order valence-electron chi connectivity index (χ1n) is 13.7. The molecule has 2 heteroatoms. The van der Waals surface area contributed by atoms with Gasteiger partial charge in [-0.2, -0.15) is 0 Å². The molecular weight excluding hydrogens is 448 g/mol. The van der Waals surface area contributed by atoms with Gasteiger partial charge >= 0.3 is 0 Å². The summed E-state index contributed by atoms with van der Waals surface area (Å²) in [5, 5.41) is 6.34. The topological polar surface area (TPSA) is 0 Å². The molecule has 0 nitrogen and oxygen atoms in total. The number of benzene rings is 3. The maximum Gasteiger partial charge on any atom is 0.0537 e. The van der Waals surface area contributed by atoms with Crippen LogP contribution in [0.5, 0.6) is 0 Å². The zero-order chi connectivity index (χ0) is 22.5. The van der Waals surface area contributed by atoms with E-state index < -0.39 is 0 Å². The highest BCUT2D eigenvalue weighted by atomic mass is 32.1. The van der Waals surface area contributed by atoms with Gasteiger partial charge in [-0.1, -0.05) is 87.8 Å². The van der Waals surface area contributed by atoms with Crippen molar-refractivity contribution < 1.29 is 0 Å². The molecule has 2 fully saturated rings. The van der Waals surface area contributed by atoms with E-state index in [1.54, 1.807) is 31.3 Å². The molecule has 0 saturated heterocycles. The largest absolute Gasteiger partial charge is 0.134 e. The quantitative estimate of drug-likeness (QED) is 0.219. The average Bonchev–Trinajstić information content (AvgIpc) is 3.15. The fourth-order valence-electron chi connectivity index (χ4n) is 7.20. The third-order valence-corrected chi connectivity index (χ3v) is 11.3. The Balaban J connectivity index is 1.67. The Hall–Kier alpha value is -1.90. The molecule has 7 rings (SSSR count). The molecule has 0 atom stereocenters. The minimum atomic E-state index is 0.726. The second kappa shape index (κ2) is 8.95. The van der Waals surface area contributed by atoms with E-state index in [0.29, 0.717) is 0 Å². The highest BCUT2D eigenvalue weighted by molar-refractivity contribution is 7.33. The molecule has 0 radical (unpaired) electrons. The minimum absolute atomic E-state index is 0.726. The van der Waals surface area contributed by atoms with Gasteiger partial charge in [0.2, 0.25) is 0 Å². The van der Waals surface area contributed by atoms with Gasteiger partial charge < -0.3 is 0 Å². The molecule has 0 aliphatic heterocycles. The van der Waals surface area contributed by atoms with Gasteiger partial charge in [-0.05, 0) is 60.8 Å². The summed E-state index contributed by atoms with van der Waals surface area (Å²) in [5.41, 5.74) is 3.58. The van der Waals surface area contributed by atoms with Crippen LogP contribution in [0.1, 0.15) is 100 Å². The van der Waals surface area contributed by atoms with E-state index in [4.69, 9.17) is 0 Å². The lowest BCUT2D eigenvalue weighted by molar-refractivity contribution is 0.557. The van der Waals surface area contributed by atoms with Gasteiger partial charge in [0.1, 0.15) is 0 Å². The lowest BCUT2D eigenvalue weighted by Gasteiger charge is -2.27. The van der Waals surface area contributed by atoms with Crippen LogP contribution in [0.3, 0.4) is 0 Å². The standard InChI is InChI=1S/C32H34S2/c1-2-6-14-21(13-5-1)27-28(22-15-7-3-4-8-16-22)30-24-18-10-12-20-26(24)34-32(30)31-29(27)23-17-9-11-19-25(23)33-31/h9-12,17-22H,1-8,13-16H2. The second-order valence-electron chi connectivity index (χ2n) is 10.8. The van der Waals surface area contributed by atoms with Crippen LogP contribution in [0.4, 0.5) is 0 Å². The molecule has 0 bridgehead atoms. The van der Waals surface area contributed by atoms with Crippen LogP contribution in [-0.2, 0) is 0 Å². The fraction of sp³-hybridized carbons (Fsp3) is 0.438. The molecule has 2 heterocycles. The summed E-state index contributed by atoms with van der Waals surface area (Å²) in [6.07, 6.45) is 16.8. The van der Waals surface area contributed by atoms with Crippen molar-refractivity contribution in [3.8, 4) is 0 Å². The molecule has 2 aromatic heterocycles. The number of fused-ring (bicyclic) bond motifs is 7. The Kier molecular flexibility index (Phi) is 5.63. The Bertz CT molecular complexity index is 1350. The molecule has 0 N–H and O–H groups in total. The molecule has 0 amide bonds. The second-order valence-corrected chi connectivity index (χ2v) is 12.9. The Labute approximate surface area is 211 Å². The smallest absolute Gasteiger partial charge is 0.0537 e. The van der Waals surface area contributed by atoms with Crippen LogP contribution >= 0.6 is 22.7 Å². The van der Waals surface area contributed by atoms with Gasteiger partial charge in [-0.25, -0.2) is 0 Å². The SMILES string of the molecule is c1ccc2c(c1)sc1c3sc4ccccc4c3c(C3CCCCCC3)c(C3CCCCCC3)c21. The number of hydrogen-bond donors (Lipinski definition) is 0. The van der Waals surface area contributed by atoms with Crippen LogP contribution in [0, 0.1) is 0 Å². The maximum absolute atomic E-state index is 2.42. The van der Waals surface area contributed by atoms with Gasteiger partial charge in [0, 0.05) is 30.9 Å². The van der Waals surface area contributed by atoms with Crippen molar-refractivity contribution in [2.45, 2.75) is 88.9 Å². The molecule has 34 heavy (non-hydrogen) atoms. The third kappa shape index (κ3) is 3.44. The zero-order valence-corrected chi connectivity index (χ0v) is 21.7. The van der Waals surface area contributed by atoms with Crippen molar-refractivity contribution in [1.82, 2.24) is 0 Å². The number of rotatable bonds is 2. The summed E-state index contributed by atoms with van der Waals surface area (Å²) in [4.78, 5) is 0. The van der Waals surface area contributed by atoms with Crippen molar-refractivity contribution in [3.63, 3.8) is 0 Å². The van der Waals surface area contributed by atoms with Crippen molar-refractivity contribution in [3.05, 3.63) is 59.7 Å². The summed E-state index contributed by atoms with van der Waals surface area (Å²) in [5.74, 6) is 1.45. The van der Waals surface area contributed by atoms with Crippen LogP contribution < -0.4 is 0 Å². The molecule has 0 spiro atoms. The average molecular weight is 483 g/mol. The van der Waals surface area contributed by atoms with Crippen molar-refractivity contribution in [2.75, 3.05) is 0 Å². The maximum atomic E-state index is 2.42. The molecule has 174 valence electrons. The van der Waals surface area contributed by atoms with Crippen molar-refractivity contribution in [2.24, 2.45) is 0 Å². The van der Waals surface area contributed by atoms with E-state index in [9.17, 15) is 0 Å². The summed E-state index contributed by atoms with van der Waals surface area (Å²) in [6.45, 7) is 0.